The molecule has 0 amide bonds. The first-order valence-corrected chi connectivity index (χ1v) is 11.2. The maximum Gasteiger partial charge on any atom is 0.191 e. The Balaban J connectivity index is 0.00000280. The number of thioether (sulfide) groups is 1. The lowest BCUT2D eigenvalue weighted by Gasteiger charge is -2.36. The standard InChI is InChI=1S/C21H33N3O2S.HI/c1-16-4-7-18(19(12-16)26-14-17-5-6-17)13-23-20(22-2)24-15-21(27-3)8-10-25-11-9-21;/h4,7,12,17H,5-6,8-11,13-15H2,1-3H3,(H2,22,23,24);1H. The van der Waals surface area contributed by atoms with Crippen LogP contribution >= 0.6 is 35.7 Å². The fourth-order valence-electron chi connectivity index (χ4n) is 3.28. The zero-order valence-electron chi connectivity index (χ0n) is 17.3. The minimum Gasteiger partial charge on any atom is -0.493 e. The average Bonchev–Trinajstić information content (AvgIpc) is 3.53. The van der Waals surface area contributed by atoms with Gasteiger partial charge in [0.2, 0.25) is 0 Å². The van der Waals surface area contributed by atoms with Crippen molar-refractivity contribution in [1.82, 2.24) is 10.6 Å². The largest absolute Gasteiger partial charge is 0.493 e. The summed E-state index contributed by atoms with van der Waals surface area (Å²) in [4.78, 5) is 4.40. The van der Waals surface area contributed by atoms with Gasteiger partial charge in [-0.05, 0) is 56.4 Å². The highest BCUT2D eigenvalue weighted by atomic mass is 127. The van der Waals surface area contributed by atoms with Gasteiger partial charge < -0.3 is 20.1 Å². The molecule has 0 bridgehead atoms. The lowest BCUT2D eigenvalue weighted by Crippen LogP contribution is -2.47. The van der Waals surface area contributed by atoms with Crippen LogP contribution in [-0.2, 0) is 11.3 Å². The van der Waals surface area contributed by atoms with Gasteiger partial charge in [-0.25, -0.2) is 0 Å². The molecule has 0 spiro atoms. The van der Waals surface area contributed by atoms with Gasteiger partial charge in [0.05, 0.1) is 6.61 Å². The summed E-state index contributed by atoms with van der Waals surface area (Å²) in [7, 11) is 1.82. The van der Waals surface area contributed by atoms with Gasteiger partial charge in [-0.2, -0.15) is 11.8 Å². The zero-order chi connectivity index (χ0) is 19.1. The van der Waals surface area contributed by atoms with E-state index in [9.17, 15) is 0 Å². The third-order valence-corrected chi connectivity index (χ3v) is 6.90. The first-order valence-electron chi connectivity index (χ1n) is 9.94. The highest BCUT2D eigenvalue weighted by molar-refractivity contribution is 14.0. The van der Waals surface area contributed by atoms with Crippen LogP contribution in [0.3, 0.4) is 0 Å². The van der Waals surface area contributed by atoms with Gasteiger partial charge in [0, 0.05) is 43.7 Å². The summed E-state index contributed by atoms with van der Waals surface area (Å²) >= 11 is 1.93. The molecule has 2 aliphatic rings. The summed E-state index contributed by atoms with van der Waals surface area (Å²) in [6.45, 7) is 6.24. The Morgan fingerprint density at radius 3 is 2.68 bits per heavy atom. The van der Waals surface area contributed by atoms with E-state index in [0.29, 0.717) is 6.54 Å². The van der Waals surface area contributed by atoms with Crippen molar-refractivity contribution in [2.24, 2.45) is 10.9 Å². The van der Waals surface area contributed by atoms with Crippen molar-refractivity contribution in [3.05, 3.63) is 29.3 Å². The maximum atomic E-state index is 6.08. The van der Waals surface area contributed by atoms with E-state index in [4.69, 9.17) is 9.47 Å². The van der Waals surface area contributed by atoms with Crippen molar-refractivity contribution < 1.29 is 9.47 Å². The van der Waals surface area contributed by atoms with Crippen LogP contribution in [0, 0.1) is 12.8 Å². The molecule has 2 N–H and O–H groups in total. The fraction of sp³-hybridized carbons (Fsp3) is 0.667. The zero-order valence-corrected chi connectivity index (χ0v) is 20.4. The smallest absolute Gasteiger partial charge is 0.191 e. The highest BCUT2D eigenvalue weighted by Crippen LogP contribution is 2.33. The quantitative estimate of drug-likeness (QED) is 0.309. The SMILES string of the molecule is CN=C(NCc1ccc(C)cc1OCC1CC1)NCC1(SC)CCOCC1.I. The fourth-order valence-corrected chi connectivity index (χ4v) is 4.07. The van der Waals surface area contributed by atoms with Crippen molar-refractivity contribution in [2.45, 2.75) is 43.9 Å². The van der Waals surface area contributed by atoms with E-state index in [1.54, 1.807) is 0 Å². The predicted octanol–water partition coefficient (Wildman–Crippen LogP) is 3.98. The second-order valence-electron chi connectivity index (χ2n) is 7.64. The number of guanidine groups is 1. The highest BCUT2D eigenvalue weighted by Gasteiger charge is 2.31. The molecule has 7 heteroatoms. The molecule has 1 aliphatic carbocycles. The van der Waals surface area contributed by atoms with Crippen LogP contribution in [0.25, 0.3) is 0 Å². The van der Waals surface area contributed by atoms with Gasteiger partial charge in [-0.3, -0.25) is 4.99 Å². The Hall–Kier alpha value is -0.670. The van der Waals surface area contributed by atoms with Crippen molar-refractivity contribution in [3.63, 3.8) is 0 Å². The summed E-state index contributed by atoms with van der Waals surface area (Å²) in [6.07, 6.45) is 6.96. The number of hydrogen-bond donors (Lipinski definition) is 2. The maximum absolute atomic E-state index is 6.08. The Morgan fingerprint density at radius 1 is 1.29 bits per heavy atom. The monoisotopic (exact) mass is 519 g/mol. The van der Waals surface area contributed by atoms with E-state index in [0.717, 1.165) is 56.8 Å². The summed E-state index contributed by atoms with van der Waals surface area (Å²) in [6, 6.07) is 6.43. The second-order valence-corrected chi connectivity index (χ2v) is 8.92. The van der Waals surface area contributed by atoms with E-state index in [-0.39, 0.29) is 28.7 Å². The van der Waals surface area contributed by atoms with Crippen molar-refractivity contribution in [2.75, 3.05) is 39.7 Å². The van der Waals surface area contributed by atoms with E-state index < -0.39 is 0 Å². The third kappa shape index (κ3) is 6.99. The molecular formula is C21H34IN3O2S. The van der Waals surface area contributed by atoms with Gasteiger partial charge in [0.1, 0.15) is 5.75 Å². The van der Waals surface area contributed by atoms with E-state index in [1.165, 1.54) is 24.0 Å². The average molecular weight is 519 g/mol. The van der Waals surface area contributed by atoms with Crippen LogP contribution in [0.2, 0.25) is 0 Å². The molecule has 1 saturated carbocycles. The van der Waals surface area contributed by atoms with Crippen LogP contribution < -0.4 is 15.4 Å². The number of aryl methyl sites for hydroxylation is 1. The number of nitrogens with zero attached hydrogens (tertiary/aromatic N) is 1. The summed E-state index contributed by atoms with van der Waals surface area (Å²) < 4.78 is 11.8. The Bertz CT molecular complexity index is 647. The van der Waals surface area contributed by atoms with E-state index in [1.807, 2.05) is 18.8 Å². The van der Waals surface area contributed by atoms with Crippen LogP contribution in [-0.4, -0.2) is 50.4 Å². The van der Waals surface area contributed by atoms with Crippen molar-refractivity contribution in [3.8, 4) is 5.75 Å². The Labute approximate surface area is 190 Å². The molecular weight excluding hydrogens is 485 g/mol. The van der Waals surface area contributed by atoms with Crippen LogP contribution in [0.4, 0.5) is 0 Å². The normalized spacial score (nSPS) is 18.9. The Kier molecular flexibility index (Phi) is 9.69. The first-order chi connectivity index (χ1) is 13.1. The molecule has 1 heterocycles. The number of nitrogens with one attached hydrogen (secondary N) is 2. The molecule has 0 aromatic heterocycles. The van der Waals surface area contributed by atoms with E-state index in [2.05, 4.69) is 47.0 Å². The second kappa shape index (κ2) is 11.5. The minimum atomic E-state index is 0. The number of ether oxygens (including phenoxy) is 2. The van der Waals surface area contributed by atoms with Crippen molar-refractivity contribution >= 4 is 41.7 Å². The molecule has 1 saturated heterocycles. The van der Waals surface area contributed by atoms with Crippen molar-refractivity contribution in [1.29, 1.82) is 0 Å². The molecule has 158 valence electrons. The topological polar surface area (TPSA) is 54.9 Å². The van der Waals surface area contributed by atoms with Crippen LogP contribution in [0.1, 0.15) is 36.8 Å². The van der Waals surface area contributed by atoms with Gasteiger partial charge in [-0.1, -0.05) is 12.1 Å². The molecule has 1 aromatic rings. The third-order valence-electron chi connectivity index (χ3n) is 5.48. The van der Waals surface area contributed by atoms with Crippen LogP contribution in [0.15, 0.2) is 23.2 Å². The lowest BCUT2D eigenvalue weighted by molar-refractivity contribution is 0.0783. The summed E-state index contributed by atoms with van der Waals surface area (Å²) in [5, 5.41) is 6.96. The number of rotatable bonds is 8. The van der Waals surface area contributed by atoms with Gasteiger partial charge in [-0.15, -0.1) is 24.0 Å². The molecule has 0 atom stereocenters. The summed E-state index contributed by atoms with van der Waals surface area (Å²) in [5.41, 5.74) is 2.41. The molecule has 28 heavy (non-hydrogen) atoms. The molecule has 0 unspecified atom stereocenters. The molecule has 5 nitrogen and oxygen atoms in total. The molecule has 0 radical (unpaired) electrons. The Morgan fingerprint density at radius 2 is 2.04 bits per heavy atom. The van der Waals surface area contributed by atoms with Gasteiger partial charge >= 0.3 is 0 Å². The minimum absolute atomic E-state index is 0. The number of benzene rings is 1. The van der Waals surface area contributed by atoms with E-state index >= 15 is 0 Å². The van der Waals surface area contributed by atoms with Gasteiger partial charge in [0.25, 0.3) is 0 Å². The van der Waals surface area contributed by atoms with Gasteiger partial charge in [0.15, 0.2) is 5.96 Å². The lowest BCUT2D eigenvalue weighted by atomic mass is 9.99. The molecule has 3 rings (SSSR count). The number of hydrogen-bond acceptors (Lipinski definition) is 4. The molecule has 1 aliphatic heterocycles. The first kappa shape index (κ1) is 23.6. The summed E-state index contributed by atoms with van der Waals surface area (Å²) in [5.74, 6) is 2.58. The molecule has 1 aromatic carbocycles. The van der Waals surface area contributed by atoms with Crippen LogP contribution in [0.5, 0.6) is 5.75 Å². The molecule has 2 fully saturated rings. The number of halogens is 1. The predicted molar refractivity (Wildman–Crippen MR) is 129 cm³/mol. The number of aliphatic imine (C=N–C) groups is 1.